The molecular formula is C18H35N7O. The van der Waals surface area contributed by atoms with Crippen molar-refractivity contribution in [2.75, 3.05) is 45.9 Å². The normalized spacial score (nSPS) is 17.3. The first-order chi connectivity index (χ1) is 12.7. The van der Waals surface area contributed by atoms with Crippen LogP contribution >= 0.6 is 0 Å². The first kappa shape index (κ1) is 20.6. The number of hydrogen-bond acceptors (Lipinski definition) is 5. The SMILES string of the molecule is CCCCNC(=NCC(C)N1CCOCC1)NCCn1cnnc1CC. The van der Waals surface area contributed by atoms with Crippen molar-refractivity contribution in [3.8, 4) is 0 Å². The zero-order chi connectivity index (χ0) is 18.6. The molecule has 8 heteroatoms. The molecule has 1 saturated heterocycles. The van der Waals surface area contributed by atoms with Gasteiger partial charge in [-0.15, -0.1) is 10.2 Å². The van der Waals surface area contributed by atoms with Crippen LogP contribution < -0.4 is 10.6 Å². The van der Waals surface area contributed by atoms with Gasteiger partial charge < -0.3 is 19.9 Å². The highest BCUT2D eigenvalue weighted by Crippen LogP contribution is 2.03. The van der Waals surface area contributed by atoms with Crippen molar-refractivity contribution in [3.63, 3.8) is 0 Å². The summed E-state index contributed by atoms with van der Waals surface area (Å²) < 4.78 is 7.52. The zero-order valence-corrected chi connectivity index (χ0v) is 16.6. The van der Waals surface area contributed by atoms with E-state index in [1.165, 1.54) is 6.42 Å². The first-order valence-corrected chi connectivity index (χ1v) is 9.95. The Bertz CT molecular complexity index is 525. The van der Waals surface area contributed by atoms with E-state index < -0.39 is 0 Å². The molecule has 0 radical (unpaired) electrons. The molecule has 1 aromatic heterocycles. The van der Waals surface area contributed by atoms with Gasteiger partial charge >= 0.3 is 0 Å². The summed E-state index contributed by atoms with van der Waals surface area (Å²) in [5, 5.41) is 15.0. The van der Waals surface area contributed by atoms with Crippen molar-refractivity contribution in [2.24, 2.45) is 4.99 Å². The van der Waals surface area contributed by atoms with E-state index in [0.717, 1.165) is 77.1 Å². The zero-order valence-electron chi connectivity index (χ0n) is 16.6. The second kappa shape index (κ2) is 11.9. The third-order valence-corrected chi connectivity index (χ3v) is 4.66. The van der Waals surface area contributed by atoms with Gasteiger partial charge in [-0.25, -0.2) is 0 Å². The average Bonchev–Trinajstić information content (AvgIpc) is 3.13. The molecule has 0 aromatic carbocycles. The summed E-state index contributed by atoms with van der Waals surface area (Å²) in [5.74, 6) is 1.91. The van der Waals surface area contributed by atoms with Crippen LogP contribution in [-0.4, -0.2) is 77.6 Å². The van der Waals surface area contributed by atoms with Gasteiger partial charge in [-0.3, -0.25) is 9.89 Å². The minimum absolute atomic E-state index is 0.424. The van der Waals surface area contributed by atoms with Crippen molar-refractivity contribution < 1.29 is 4.74 Å². The maximum atomic E-state index is 5.43. The number of aliphatic imine (C=N–C) groups is 1. The van der Waals surface area contributed by atoms with Crippen LogP contribution in [0.15, 0.2) is 11.3 Å². The van der Waals surface area contributed by atoms with Crippen LogP contribution in [-0.2, 0) is 17.7 Å². The summed E-state index contributed by atoms with van der Waals surface area (Å²) in [4.78, 5) is 7.25. The molecule has 8 nitrogen and oxygen atoms in total. The minimum Gasteiger partial charge on any atom is -0.379 e. The Balaban J connectivity index is 1.82. The monoisotopic (exact) mass is 365 g/mol. The number of unbranched alkanes of at least 4 members (excludes halogenated alkanes) is 1. The summed E-state index contributed by atoms with van der Waals surface area (Å²) in [6.07, 6.45) is 5.01. The molecule has 2 rings (SSSR count). The summed E-state index contributed by atoms with van der Waals surface area (Å²) in [5.41, 5.74) is 0. The fraction of sp³-hybridized carbons (Fsp3) is 0.833. The second-order valence-corrected chi connectivity index (χ2v) is 6.69. The third-order valence-electron chi connectivity index (χ3n) is 4.66. The van der Waals surface area contributed by atoms with Gasteiger partial charge in [0, 0.05) is 45.2 Å². The molecule has 2 heterocycles. The number of aryl methyl sites for hydroxylation is 1. The lowest BCUT2D eigenvalue weighted by molar-refractivity contribution is 0.0220. The minimum atomic E-state index is 0.424. The van der Waals surface area contributed by atoms with E-state index in [-0.39, 0.29) is 0 Å². The lowest BCUT2D eigenvalue weighted by Gasteiger charge is -2.31. The Labute approximate surface area is 157 Å². The van der Waals surface area contributed by atoms with Crippen LogP contribution in [0.5, 0.6) is 0 Å². The lowest BCUT2D eigenvalue weighted by Crippen LogP contribution is -2.45. The van der Waals surface area contributed by atoms with Crippen molar-refractivity contribution in [1.82, 2.24) is 30.3 Å². The highest BCUT2D eigenvalue weighted by Gasteiger charge is 2.16. The topological polar surface area (TPSA) is 79.6 Å². The van der Waals surface area contributed by atoms with E-state index in [9.17, 15) is 0 Å². The van der Waals surface area contributed by atoms with Gasteiger partial charge in [0.1, 0.15) is 12.2 Å². The molecule has 0 aliphatic carbocycles. The van der Waals surface area contributed by atoms with Gasteiger partial charge in [0.2, 0.25) is 0 Å². The molecule has 1 aromatic rings. The van der Waals surface area contributed by atoms with E-state index in [4.69, 9.17) is 9.73 Å². The molecule has 0 bridgehead atoms. The predicted octanol–water partition coefficient (Wildman–Crippen LogP) is 0.897. The number of guanidine groups is 1. The van der Waals surface area contributed by atoms with Crippen molar-refractivity contribution in [1.29, 1.82) is 0 Å². The van der Waals surface area contributed by atoms with Gasteiger partial charge in [-0.05, 0) is 13.3 Å². The molecule has 1 aliphatic heterocycles. The van der Waals surface area contributed by atoms with Gasteiger partial charge in [-0.2, -0.15) is 0 Å². The summed E-state index contributed by atoms with van der Waals surface area (Å²) in [6, 6.07) is 0.424. The molecule has 0 amide bonds. The highest BCUT2D eigenvalue weighted by atomic mass is 16.5. The summed E-state index contributed by atoms with van der Waals surface area (Å²) in [7, 11) is 0. The number of nitrogens with zero attached hydrogens (tertiary/aromatic N) is 5. The van der Waals surface area contributed by atoms with E-state index in [1.807, 2.05) is 0 Å². The van der Waals surface area contributed by atoms with Crippen LogP contribution in [0, 0.1) is 0 Å². The number of nitrogens with one attached hydrogen (secondary N) is 2. The molecule has 1 fully saturated rings. The van der Waals surface area contributed by atoms with E-state index >= 15 is 0 Å². The van der Waals surface area contributed by atoms with Gasteiger partial charge in [-0.1, -0.05) is 20.3 Å². The van der Waals surface area contributed by atoms with E-state index in [2.05, 4.69) is 51.1 Å². The number of aromatic nitrogens is 3. The number of rotatable bonds is 10. The summed E-state index contributed by atoms with van der Waals surface area (Å²) >= 11 is 0. The van der Waals surface area contributed by atoms with Crippen molar-refractivity contribution in [2.45, 2.75) is 52.6 Å². The van der Waals surface area contributed by atoms with Crippen LogP contribution in [0.25, 0.3) is 0 Å². The standard InChI is InChI=1S/C18H35N7O/c1-4-6-7-19-18(20-8-9-25-15-22-23-17(25)5-2)21-14-16(3)24-10-12-26-13-11-24/h15-16H,4-14H2,1-3H3,(H2,19,20,21). The number of ether oxygens (including phenoxy) is 1. The smallest absolute Gasteiger partial charge is 0.191 e. The lowest BCUT2D eigenvalue weighted by atomic mass is 10.2. The molecule has 0 spiro atoms. The maximum Gasteiger partial charge on any atom is 0.191 e. The molecule has 0 saturated carbocycles. The van der Waals surface area contributed by atoms with Crippen molar-refractivity contribution in [3.05, 3.63) is 12.2 Å². The molecular weight excluding hydrogens is 330 g/mol. The first-order valence-electron chi connectivity index (χ1n) is 9.95. The summed E-state index contributed by atoms with van der Waals surface area (Å²) in [6.45, 7) is 13.5. The van der Waals surface area contributed by atoms with E-state index in [1.54, 1.807) is 6.33 Å². The van der Waals surface area contributed by atoms with Crippen LogP contribution in [0.4, 0.5) is 0 Å². The van der Waals surface area contributed by atoms with Crippen LogP contribution in [0.3, 0.4) is 0 Å². The molecule has 1 unspecified atom stereocenters. The average molecular weight is 366 g/mol. The molecule has 1 aliphatic rings. The Morgan fingerprint density at radius 3 is 2.77 bits per heavy atom. The number of hydrogen-bond donors (Lipinski definition) is 2. The van der Waals surface area contributed by atoms with Gasteiger partial charge in [0.05, 0.1) is 19.8 Å². The largest absolute Gasteiger partial charge is 0.379 e. The van der Waals surface area contributed by atoms with Gasteiger partial charge in [0.25, 0.3) is 0 Å². The number of morpholine rings is 1. The van der Waals surface area contributed by atoms with Gasteiger partial charge in [0.15, 0.2) is 5.96 Å². The predicted molar refractivity (Wildman–Crippen MR) is 104 cm³/mol. The van der Waals surface area contributed by atoms with Crippen LogP contribution in [0.2, 0.25) is 0 Å². The molecule has 148 valence electrons. The Kier molecular flexibility index (Phi) is 9.41. The van der Waals surface area contributed by atoms with E-state index in [0.29, 0.717) is 6.04 Å². The second-order valence-electron chi connectivity index (χ2n) is 6.69. The molecule has 26 heavy (non-hydrogen) atoms. The fourth-order valence-corrected chi connectivity index (χ4v) is 2.95. The molecule has 2 N–H and O–H groups in total. The Hall–Kier alpha value is -1.67. The fourth-order valence-electron chi connectivity index (χ4n) is 2.95. The molecule has 1 atom stereocenters. The highest BCUT2D eigenvalue weighted by molar-refractivity contribution is 5.79. The quantitative estimate of drug-likeness (QED) is 0.364. The third kappa shape index (κ3) is 6.92. The Morgan fingerprint density at radius 1 is 1.27 bits per heavy atom. The van der Waals surface area contributed by atoms with Crippen LogP contribution in [0.1, 0.15) is 39.4 Å². The Morgan fingerprint density at radius 2 is 2.04 bits per heavy atom. The maximum absolute atomic E-state index is 5.43. The van der Waals surface area contributed by atoms with Crippen molar-refractivity contribution >= 4 is 5.96 Å².